The zero-order chi connectivity index (χ0) is 14.9. The molecule has 108 valence electrons. The second-order valence-corrected chi connectivity index (χ2v) is 5.17. The number of hydrazone groups is 1. The molecular weight excluding hydrogens is 278 g/mol. The van der Waals surface area contributed by atoms with Crippen molar-refractivity contribution in [3.63, 3.8) is 0 Å². The highest BCUT2D eigenvalue weighted by Gasteiger charge is 2.00. The number of benzene rings is 2. The number of thiocarbonyl (C=S) groups is 1. The van der Waals surface area contributed by atoms with Gasteiger partial charge in [0.05, 0.1) is 0 Å². The zero-order valence-corrected chi connectivity index (χ0v) is 12.8. The molecule has 21 heavy (non-hydrogen) atoms. The lowest BCUT2D eigenvalue weighted by molar-refractivity contribution is 0.863. The van der Waals surface area contributed by atoms with E-state index in [4.69, 9.17) is 12.2 Å². The van der Waals surface area contributed by atoms with Crippen molar-refractivity contribution >= 4 is 23.5 Å². The Balaban J connectivity index is 1.75. The summed E-state index contributed by atoms with van der Waals surface area (Å²) < 4.78 is 0. The van der Waals surface area contributed by atoms with E-state index in [0.717, 1.165) is 0 Å². The first-order valence-electron chi connectivity index (χ1n) is 6.91. The molecule has 0 radical (unpaired) electrons. The standard InChI is InChI=1S/C17H19N3S/c1-14(16-10-6-3-7-11-16)12-19-20-17(21)18-13-15-8-4-2-5-9-15/h2-12,14H,13H2,1H3,(H2,18,20,21)/b19-12-/t14-/m0/s1. The Bertz CT molecular complexity index is 581. The van der Waals surface area contributed by atoms with Gasteiger partial charge in [0.15, 0.2) is 5.11 Å². The summed E-state index contributed by atoms with van der Waals surface area (Å²) in [5.41, 5.74) is 5.25. The number of nitrogens with zero attached hydrogens (tertiary/aromatic N) is 1. The largest absolute Gasteiger partial charge is 0.357 e. The number of hydrogen-bond acceptors (Lipinski definition) is 2. The molecule has 0 fully saturated rings. The van der Waals surface area contributed by atoms with E-state index in [1.807, 2.05) is 42.6 Å². The Hall–Kier alpha value is -2.20. The lowest BCUT2D eigenvalue weighted by atomic mass is 10.0. The average molecular weight is 297 g/mol. The van der Waals surface area contributed by atoms with Gasteiger partial charge in [-0.1, -0.05) is 67.6 Å². The van der Waals surface area contributed by atoms with Crippen molar-refractivity contribution < 1.29 is 0 Å². The van der Waals surface area contributed by atoms with Gasteiger partial charge >= 0.3 is 0 Å². The molecule has 0 aliphatic carbocycles. The number of rotatable bonds is 5. The van der Waals surface area contributed by atoms with Crippen LogP contribution >= 0.6 is 12.2 Å². The zero-order valence-electron chi connectivity index (χ0n) is 12.0. The van der Waals surface area contributed by atoms with E-state index in [-0.39, 0.29) is 5.92 Å². The van der Waals surface area contributed by atoms with Crippen LogP contribution in [0.4, 0.5) is 0 Å². The van der Waals surface area contributed by atoms with Crippen molar-refractivity contribution in [2.24, 2.45) is 5.10 Å². The van der Waals surface area contributed by atoms with Crippen LogP contribution in [-0.4, -0.2) is 11.3 Å². The third-order valence-corrected chi connectivity index (χ3v) is 3.32. The number of hydrogen-bond donors (Lipinski definition) is 2. The molecule has 0 bridgehead atoms. The fourth-order valence-corrected chi connectivity index (χ4v) is 1.99. The van der Waals surface area contributed by atoms with E-state index in [9.17, 15) is 0 Å². The van der Waals surface area contributed by atoms with Gasteiger partial charge in [0.1, 0.15) is 0 Å². The van der Waals surface area contributed by atoms with Crippen molar-refractivity contribution in [2.45, 2.75) is 19.4 Å². The minimum absolute atomic E-state index is 0.246. The summed E-state index contributed by atoms with van der Waals surface area (Å²) in [7, 11) is 0. The molecule has 0 spiro atoms. The predicted octanol–water partition coefficient (Wildman–Crippen LogP) is 3.44. The molecule has 0 saturated heterocycles. The van der Waals surface area contributed by atoms with Crippen LogP contribution in [-0.2, 0) is 6.54 Å². The minimum atomic E-state index is 0.246. The first-order chi connectivity index (χ1) is 10.3. The Morgan fingerprint density at radius 1 is 1.10 bits per heavy atom. The van der Waals surface area contributed by atoms with Crippen LogP contribution in [0, 0.1) is 0 Å². The van der Waals surface area contributed by atoms with Crippen LogP contribution < -0.4 is 10.7 Å². The van der Waals surface area contributed by atoms with Gasteiger partial charge in [-0.15, -0.1) is 0 Å². The van der Waals surface area contributed by atoms with E-state index in [0.29, 0.717) is 11.7 Å². The van der Waals surface area contributed by atoms with Gasteiger partial charge in [0.2, 0.25) is 0 Å². The third-order valence-electron chi connectivity index (χ3n) is 3.09. The molecule has 0 amide bonds. The molecule has 0 aliphatic heterocycles. The van der Waals surface area contributed by atoms with Gasteiger partial charge in [-0.05, 0) is 23.3 Å². The van der Waals surface area contributed by atoms with Crippen molar-refractivity contribution in [1.29, 1.82) is 0 Å². The van der Waals surface area contributed by atoms with Crippen LogP contribution in [0.3, 0.4) is 0 Å². The van der Waals surface area contributed by atoms with Crippen LogP contribution in [0.1, 0.15) is 24.0 Å². The van der Waals surface area contributed by atoms with Crippen molar-refractivity contribution in [2.75, 3.05) is 0 Å². The topological polar surface area (TPSA) is 36.4 Å². The summed E-state index contributed by atoms with van der Waals surface area (Å²) >= 11 is 5.19. The lowest BCUT2D eigenvalue weighted by Gasteiger charge is -2.08. The van der Waals surface area contributed by atoms with Crippen molar-refractivity contribution in [1.82, 2.24) is 10.7 Å². The van der Waals surface area contributed by atoms with Gasteiger partial charge < -0.3 is 5.32 Å². The smallest absolute Gasteiger partial charge is 0.187 e. The fraction of sp³-hybridized carbons (Fsp3) is 0.176. The summed E-state index contributed by atoms with van der Waals surface area (Å²) in [6.07, 6.45) is 1.85. The maximum Gasteiger partial charge on any atom is 0.187 e. The molecule has 0 aliphatic rings. The van der Waals surface area contributed by atoms with Gasteiger partial charge in [-0.25, -0.2) is 0 Å². The van der Waals surface area contributed by atoms with E-state index in [2.05, 4.69) is 47.0 Å². The highest BCUT2D eigenvalue weighted by molar-refractivity contribution is 7.80. The Morgan fingerprint density at radius 3 is 2.38 bits per heavy atom. The Morgan fingerprint density at radius 2 is 1.71 bits per heavy atom. The summed E-state index contributed by atoms with van der Waals surface area (Å²) in [5, 5.41) is 7.82. The molecule has 2 N–H and O–H groups in total. The summed E-state index contributed by atoms with van der Waals surface area (Å²) in [5.74, 6) is 0.246. The second-order valence-electron chi connectivity index (χ2n) is 4.76. The van der Waals surface area contributed by atoms with Gasteiger partial charge in [0.25, 0.3) is 0 Å². The maximum atomic E-state index is 5.19. The molecule has 0 heterocycles. The molecule has 2 aromatic rings. The van der Waals surface area contributed by atoms with Crippen molar-refractivity contribution in [3.8, 4) is 0 Å². The van der Waals surface area contributed by atoms with E-state index < -0.39 is 0 Å². The molecule has 0 unspecified atom stereocenters. The maximum absolute atomic E-state index is 5.19. The van der Waals surface area contributed by atoms with Crippen molar-refractivity contribution in [3.05, 3.63) is 71.8 Å². The Labute approximate surface area is 131 Å². The highest BCUT2D eigenvalue weighted by Crippen LogP contribution is 2.11. The molecule has 1 atom stereocenters. The van der Waals surface area contributed by atoms with Crippen LogP contribution in [0.25, 0.3) is 0 Å². The van der Waals surface area contributed by atoms with Crippen LogP contribution in [0.5, 0.6) is 0 Å². The summed E-state index contributed by atoms with van der Waals surface area (Å²) in [6.45, 7) is 2.79. The molecule has 2 aromatic carbocycles. The van der Waals surface area contributed by atoms with E-state index in [1.54, 1.807) is 0 Å². The predicted molar refractivity (Wildman–Crippen MR) is 92.4 cm³/mol. The van der Waals surface area contributed by atoms with E-state index in [1.165, 1.54) is 11.1 Å². The first kappa shape index (κ1) is 15.2. The lowest BCUT2D eigenvalue weighted by Crippen LogP contribution is -2.31. The normalized spacial score (nSPS) is 12.0. The third kappa shape index (κ3) is 5.36. The second kappa shape index (κ2) is 8.17. The van der Waals surface area contributed by atoms with Gasteiger partial charge in [0, 0.05) is 18.7 Å². The molecule has 4 heteroatoms. The molecule has 3 nitrogen and oxygen atoms in total. The Kier molecular flexibility index (Phi) is 5.91. The summed E-state index contributed by atoms with van der Waals surface area (Å²) in [4.78, 5) is 0. The minimum Gasteiger partial charge on any atom is -0.357 e. The molecule has 0 saturated carbocycles. The fourth-order valence-electron chi connectivity index (χ4n) is 1.87. The van der Waals surface area contributed by atoms with E-state index >= 15 is 0 Å². The van der Waals surface area contributed by atoms with Gasteiger partial charge in [-0.2, -0.15) is 5.10 Å². The molecule has 0 aromatic heterocycles. The van der Waals surface area contributed by atoms with Crippen LogP contribution in [0.2, 0.25) is 0 Å². The molecular formula is C17H19N3S. The first-order valence-corrected chi connectivity index (χ1v) is 7.32. The molecule has 2 rings (SSSR count). The highest BCUT2D eigenvalue weighted by atomic mass is 32.1. The SMILES string of the molecule is C[C@@H](/C=N\NC(=S)NCc1ccccc1)c1ccccc1. The van der Waals surface area contributed by atoms with Crippen LogP contribution in [0.15, 0.2) is 65.8 Å². The summed E-state index contributed by atoms with van der Waals surface area (Å²) in [6, 6.07) is 20.3. The number of nitrogens with one attached hydrogen (secondary N) is 2. The van der Waals surface area contributed by atoms with Gasteiger partial charge in [-0.3, -0.25) is 5.43 Å². The average Bonchev–Trinajstić information content (AvgIpc) is 2.54. The monoisotopic (exact) mass is 297 g/mol. The quantitative estimate of drug-likeness (QED) is 0.504.